The number of β-lactam (4-membered cyclic amide) rings is 1. The molecule has 0 aromatic rings. The third kappa shape index (κ3) is 1.23. The highest BCUT2D eigenvalue weighted by atomic mass is 35.5. The molecule has 0 saturated carbocycles. The van der Waals surface area contributed by atoms with Gasteiger partial charge in [-0.25, -0.2) is 0 Å². The van der Waals surface area contributed by atoms with Crippen LogP contribution in [0.5, 0.6) is 0 Å². The minimum Gasteiger partial charge on any atom is -0.481 e. The fourth-order valence-electron chi connectivity index (χ4n) is 1.38. The Hall–Kier alpha value is -0.680. The van der Waals surface area contributed by atoms with E-state index in [1.165, 1.54) is 22.9 Å². The van der Waals surface area contributed by atoms with E-state index in [4.69, 9.17) is 16.7 Å². The van der Waals surface area contributed by atoms with Crippen LogP contribution < -0.4 is 0 Å². The predicted octanol–water partition coefficient (Wildman–Crippen LogP) is 0.682. The van der Waals surface area contributed by atoms with Crippen LogP contribution in [0.15, 0.2) is 11.2 Å². The number of hydrogen-bond donors (Lipinski definition) is 1. The lowest BCUT2D eigenvalue weighted by Gasteiger charge is -2.44. The number of carbonyl (C=O) groups excluding carboxylic acids is 1. The summed E-state index contributed by atoms with van der Waals surface area (Å²) in [4.78, 5) is 23.2. The molecule has 70 valence electrons. The lowest BCUT2D eigenvalue weighted by Crippen LogP contribution is -2.60. The second-order valence-corrected chi connectivity index (χ2v) is 4.43. The van der Waals surface area contributed by atoms with Gasteiger partial charge in [-0.15, -0.1) is 11.8 Å². The maximum Gasteiger partial charge on any atom is 0.319 e. The van der Waals surface area contributed by atoms with Crippen molar-refractivity contribution in [2.24, 2.45) is 5.92 Å². The smallest absolute Gasteiger partial charge is 0.319 e. The molecule has 2 heterocycles. The van der Waals surface area contributed by atoms with Crippen molar-refractivity contribution in [1.29, 1.82) is 0 Å². The Morgan fingerprint density at radius 1 is 1.77 bits per heavy atom. The average molecular weight is 220 g/mol. The standard InChI is InChI=1S/C7H6ClNO3S/c8-3-1-9-5(10)4(7(11)12)6(9)13-2-3/h1,4,6H,2H2,(H,11,12)/t4?,6-/m0/s1. The van der Waals surface area contributed by atoms with E-state index in [2.05, 4.69) is 0 Å². The first kappa shape index (κ1) is 8.90. The van der Waals surface area contributed by atoms with Crippen LogP contribution in [0.25, 0.3) is 0 Å². The third-order valence-electron chi connectivity index (χ3n) is 2.02. The lowest BCUT2D eigenvalue weighted by molar-refractivity contribution is -0.161. The molecular weight excluding hydrogens is 214 g/mol. The maximum atomic E-state index is 11.2. The van der Waals surface area contributed by atoms with Crippen molar-refractivity contribution in [2.75, 3.05) is 5.75 Å². The van der Waals surface area contributed by atoms with Crippen LogP contribution in [-0.2, 0) is 9.59 Å². The molecule has 13 heavy (non-hydrogen) atoms. The molecule has 1 fully saturated rings. The van der Waals surface area contributed by atoms with Gasteiger partial charge in [0.15, 0.2) is 5.92 Å². The first-order valence-corrected chi connectivity index (χ1v) is 5.06. The fourth-order valence-corrected chi connectivity index (χ4v) is 2.83. The Balaban J connectivity index is 2.19. The molecule has 2 rings (SSSR count). The van der Waals surface area contributed by atoms with E-state index in [-0.39, 0.29) is 11.3 Å². The van der Waals surface area contributed by atoms with Gasteiger partial charge < -0.3 is 10.0 Å². The van der Waals surface area contributed by atoms with Gasteiger partial charge in [0.1, 0.15) is 5.37 Å². The molecule has 0 bridgehead atoms. The molecule has 1 saturated heterocycles. The third-order valence-corrected chi connectivity index (χ3v) is 3.73. The summed E-state index contributed by atoms with van der Waals surface area (Å²) in [5.74, 6) is -1.72. The molecular formula is C7H6ClNO3S. The summed E-state index contributed by atoms with van der Waals surface area (Å²) < 4.78 is 0. The van der Waals surface area contributed by atoms with Gasteiger partial charge in [-0.1, -0.05) is 11.6 Å². The molecule has 0 aromatic heterocycles. The Kier molecular flexibility index (Phi) is 2.00. The zero-order chi connectivity index (χ0) is 9.59. The summed E-state index contributed by atoms with van der Waals surface area (Å²) in [6.07, 6.45) is 1.52. The van der Waals surface area contributed by atoms with Crippen LogP contribution in [-0.4, -0.2) is 33.0 Å². The predicted molar refractivity (Wildman–Crippen MR) is 48.2 cm³/mol. The van der Waals surface area contributed by atoms with Crippen molar-refractivity contribution in [1.82, 2.24) is 4.90 Å². The van der Waals surface area contributed by atoms with Gasteiger partial charge in [0.2, 0.25) is 5.91 Å². The summed E-state index contributed by atoms with van der Waals surface area (Å²) in [6, 6.07) is 0. The van der Waals surface area contributed by atoms with E-state index in [0.29, 0.717) is 10.8 Å². The molecule has 2 aliphatic heterocycles. The van der Waals surface area contributed by atoms with E-state index in [0.717, 1.165) is 0 Å². The van der Waals surface area contributed by atoms with Crippen LogP contribution in [0.4, 0.5) is 0 Å². The van der Waals surface area contributed by atoms with Crippen molar-refractivity contribution in [3.05, 3.63) is 11.2 Å². The van der Waals surface area contributed by atoms with Gasteiger partial charge in [-0.2, -0.15) is 0 Å². The number of rotatable bonds is 1. The average Bonchev–Trinajstić information content (AvgIpc) is 2.06. The molecule has 1 N–H and O–H groups in total. The van der Waals surface area contributed by atoms with Crippen molar-refractivity contribution in [2.45, 2.75) is 5.37 Å². The molecule has 2 aliphatic rings. The van der Waals surface area contributed by atoms with Crippen molar-refractivity contribution < 1.29 is 14.7 Å². The molecule has 0 aromatic carbocycles. The topological polar surface area (TPSA) is 57.6 Å². The zero-order valence-electron chi connectivity index (χ0n) is 6.44. The quantitative estimate of drug-likeness (QED) is 0.521. The number of amides is 1. The summed E-state index contributed by atoms with van der Waals surface area (Å²) >= 11 is 7.09. The van der Waals surface area contributed by atoms with Gasteiger partial charge in [0, 0.05) is 17.0 Å². The Labute approximate surface area is 83.5 Å². The van der Waals surface area contributed by atoms with Gasteiger partial charge >= 0.3 is 5.97 Å². The van der Waals surface area contributed by atoms with E-state index in [1.807, 2.05) is 0 Å². The van der Waals surface area contributed by atoms with Crippen LogP contribution in [0.3, 0.4) is 0 Å². The van der Waals surface area contributed by atoms with Crippen LogP contribution >= 0.6 is 23.4 Å². The minimum atomic E-state index is -1.05. The largest absolute Gasteiger partial charge is 0.481 e. The molecule has 0 radical (unpaired) electrons. The summed E-state index contributed by atoms with van der Waals surface area (Å²) in [6.45, 7) is 0. The number of thioether (sulfide) groups is 1. The highest BCUT2D eigenvalue weighted by molar-refractivity contribution is 8.00. The van der Waals surface area contributed by atoms with Crippen molar-refractivity contribution in [3.63, 3.8) is 0 Å². The summed E-state index contributed by atoms with van der Waals surface area (Å²) in [7, 11) is 0. The first-order valence-electron chi connectivity index (χ1n) is 3.64. The van der Waals surface area contributed by atoms with E-state index in [9.17, 15) is 9.59 Å². The van der Waals surface area contributed by atoms with E-state index < -0.39 is 11.9 Å². The molecule has 1 amide bonds. The Bertz CT molecular complexity index is 317. The number of carboxylic acid groups (broad SMARTS) is 1. The van der Waals surface area contributed by atoms with Gasteiger partial charge in [-0.05, 0) is 0 Å². The molecule has 0 aliphatic carbocycles. The molecule has 6 heteroatoms. The highest BCUT2D eigenvalue weighted by Crippen LogP contribution is 2.40. The number of carboxylic acids is 1. The van der Waals surface area contributed by atoms with E-state index in [1.54, 1.807) is 0 Å². The monoisotopic (exact) mass is 219 g/mol. The van der Waals surface area contributed by atoms with Crippen molar-refractivity contribution >= 4 is 35.2 Å². The fraction of sp³-hybridized carbons (Fsp3) is 0.429. The number of aliphatic carboxylic acids is 1. The number of fused-ring (bicyclic) bond motifs is 1. The zero-order valence-corrected chi connectivity index (χ0v) is 8.01. The maximum absolute atomic E-state index is 11.2. The first-order chi connectivity index (χ1) is 6.11. The summed E-state index contributed by atoms with van der Waals surface area (Å²) in [5.41, 5.74) is 0. The van der Waals surface area contributed by atoms with Crippen LogP contribution in [0, 0.1) is 5.92 Å². The second-order valence-electron chi connectivity index (χ2n) is 2.84. The van der Waals surface area contributed by atoms with Crippen LogP contribution in [0.1, 0.15) is 0 Å². The molecule has 2 atom stereocenters. The summed E-state index contributed by atoms with van der Waals surface area (Å²) in [5, 5.41) is 9.02. The van der Waals surface area contributed by atoms with Crippen molar-refractivity contribution in [3.8, 4) is 0 Å². The SMILES string of the molecule is O=C(O)C1C(=O)N2C=C(Cl)CS[C@@H]12. The minimum absolute atomic E-state index is 0.257. The Morgan fingerprint density at radius 3 is 3.08 bits per heavy atom. The number of halogens is 1. The van der Waals surface area contributed by atoms with Gasteiger partial charge in [0.25, 0.3) is 0 Å². The Morgan fingerprint density at radius 2 is 2.46 bits per heavy atom. The normalized spacial score (nSPS) is 31.9. The molecule has 4 nitrogen and oxygen atoms in total. The molecule has 1 unspecified atom stereocenters. The molecule has 0 spiro atoms. The lowest BCUT2D eigenvalue weighted by atomic mass is 9.99. The van der Waals surface area contributed by atoms with Gasteiger partial charge in [0.05, 0.1) is 0 Å². The number of carbonyl (C=O) groups is 2. The number of nitrogens with zero attached hydrogens (tertiary/aromatic N) is 1. The number of hydrogen-bond acceptors (Lipinski definition) is 3. The van der Waals surface area contributed by atoms with Crippen LogP contribution in [0.2, 0.25) is 0 Å². The second kappa shape index (κ2) is 2.92. The van der Waals surface area contributed by atoms with Gasteiger partial charge in [-0.3, -0.25) is 9.59 Å². The van der Waals surface area contributed by atoms with E-state index >= 15 is 0 Å². The highest BCUT2D eigenvalue weighted by Gasteiger charge is 2.52.